The van der Waals surface area contributed by atoms with Gasteiger partial charge in [-0.3, -0.25) is 4.79 Å². The molecule has 96 valence electrons. The minimum Gasteiger partial charge on any atom is -0.478 e. The van der Waals surface area contributed by atoms with Gasteiger partial charge in [0.15, 0.2) is 0 Å². The van der Waals surface area contributed by atoms with Crippen LogP contribution in [0.1, 0.15) is 21.5 Å². The molecule has 0 saturated carbocycles. The number of nitrogens with zero attached hydrogens (tertiary/aromatic N) is 1. The van der Waals surface area contributed by atoms with Crippen molar-refractivity contribution in [3.05, 3.63) is 34.9 Å². The lowest BCUT2D eigenvalue weighted by Gasteiger charge is -2.29. The normalized spacial score (nSPS) is 14.2. The van der Waals surface area contributed by atoms with E-state index < -0.39 is 5.97 Å². The topological polar surface area (TPSA) is 69.6 Å². The molecule has 1 aliphatic rings. The highest BCUT2D eigenvalue weighted by atomic mass is 16.4. The van der Waals surface area contributed by atoms with E-state index in [1.165, 1.54) is 0 Å². The smallest absolute Gasteiger partial charge is 0.335 e. The summed E-state index contributed by atoms with van der Waals surface area (Å²) in [4.78, 5) is 24.4. The summed E-state index contributed by atoms with van der Waals surface area (Å²) < 4.78 is 0. The van der Waals surface area contributed by atoms with Gasteiger partial charge in [-0.2, -0.15) is 0 Å². The minimum atomic E-state index is -0.934. The quantitative estimate of drug-likeness (QED) is 0.816. The fraction of sp³-hybridized carbons (Fsp3) is 0.385. The average molecular weight is 248 g/mol. The third kappa shape index (κ3) is 2.51. The summed E-state index contributed by atoms with van der Waals surface area (Å²) in [6.07, 6.45) is 0.782. The molecule has 2 rings (SSSR count). The molecule has 1 aromatic carbocycles. The molecule has 0 radical (unpaired) electrons. The van der Waals surface area contributed by atoms with Gasteiger partial charge in [-0.1, -0.05) is 6.07 Å². The lowest BCUT2D eigenvalue weighted by molar-refractivity contribution is -0.131. The van der Waals surface area contributed by atoms with Gasteiger partial charge in [0.2, 0.25) is 5.91 Å². The van der Waals surface area contributed by atoms with Crippen LogP contribution in [-0.4, -0.2) is 42.0 Å². The van der Waals surface area contributed by atoms with Crippen LogP contribution in [0.3, 0.4) is 0 Å². The first-order valence-corrected chi connectivity index (χ1v) is 5.89. The predicted molar refractivity (Wildman–Crippen MR) is 66.4 cm³/mol. The number of carboxylic acids is 1. The fourth-order valence-corrected chi connectivity index (χ4v) is 2.17. The van der Waals surface area contributed by atoms with Gasteiger partial charge in [0.05, 0.1) is 12.1 Å². The molecule has 0 aliphatic carbocycles. The van der Waals surface area contributed by atoms with Gasteiger partial charge < -0.3 is 15.3 Å². The molecular formula is C13H16N2O3. The first-order chi connectivity index (χ1) is 8.61. The maximum absolute atomic E-state index is 11.8. The number of aromatic carboxylic acids is 1. The van der Waals surface area contributed by atoms with Crippen LogP contribution < -0.4 is 5.32 Å². The van der Waals surface area contributed by atoms with Crippen molar-refractivity contribution < 1.29 is 14.7 Å². The van der Waals surface area contributed by atoms with Crippen molar-refractivity contribution in [3.63, 3.8) is 0 Å². The molecule has 0 bridgehead atoms. The van der Waals surface area contributed by atoms with Gasteiger partial charge in [-0.15, -0.1) is 0 Å². The standard InChI is InChI=1S/C13H16N2O3/c1-14-7-12(16)15-5-4-9-2-3-10(13(17)18)6-11(9)8-15/h2-3,6,14H,4-5,7-8H2,1H3,(H,17,18). The number of hydrogen-bond acceptors (Lipinski definition) is 3. The van der Waals surface area contributed by atoms with E-state index in [1.54, 1.807) is 24.1 Å². The number of carbonyl (C=O) groups is 2. The van der Waals surface area contributed by atoms with E-state index in [0.717, 1.165) is 17.5 Å². The zero-order valence-electron chi connectivity index (χ0n) is 10.3. The van der Waals surface area contributed by atoms with Crippen LogP contribution in [0.15, 0.2) is 18.2 Å². The molecule has 1 heterocycles. The SMILES string of the molecule is CNCC(=O)N1CCc2ccc(C(=O)O)cc2C1. The first-order valence-electron chi connectivity index (χ1n) is 5.89. The molecule has 2 N–H and O–H groups in total. The lowest BCUT2D eigenvalue weighted by Crippen LogP contribution is -2.40. The van der Waals surface area contributed by atoms with Gasteiger partial charge in [0.25, 0.3) is 0 Å². The number of nitrogens with one attached hydrogen (secondary N) is 1. The van der Waals surface area contributed by atoms with Crippen LogP contribution in [0.2, 0.25) is 0 Å². The van der Waals surface area contributed by atoms with Crippen molar-refractivity contribution in [2.75, 3.05) is 20.1 Å². The molecule has 5 nitrogen and oxygen atoms in total. The van der Waals surface area contributed by atoms with Crippen LogP contribution in [-0.2, 0) is 17.8 Å². The summed E-state index contributed by atoms with van der Waals surface area (Å²) in [7, 11) is 1.73. The Kier molecular flexibility index (Phi) is 3.62. The number of fused-ring (bicyclic) bond motifs is 1. The van der Waals surface area contributed by atoms with E-state index in [-0.39, 0.29) is 11.5 Å². The molecule has 1 aromatic rings. The highest BCUT2D eigenvalue weighted by Crippen LogP contribution is 2.20. The Balaban J connectivity index is 2.19. The van der Waals surface area contributed by atoms with Crippen molar-refractivity contribution in [1.29, 1.82) is 0 Å². The Morgan fingerprint density at radius 2 is 2.17 bits per heavy atom. The fourth-order valence-electron chi connectivity index (χ4n) is 2.17. The number of likely N-dealkylation sites (N-methyl/N-ethyl adjacent to an activating group) is 1. The molecule has 0 fully saturated rings. The van der Waals surface area contributed by atoms with Crippen LogP contribution in [0.4, 0.5) is 0 Å². The number of hydrogen-bond donors (Lipinski definition) is 2. The number of carbonyl (C=O) groups excluding carboxylic acids is 1. The molecule has 18 heavy (non-hydrogen) atoms. The lowest BCUT2D eigenvalue weighted by atomic mass is 9.97. The molecule has 0 saturated heterocycles. The molecule has 0 atom stereocenters. The second-order valence-electron chi connectivity index (χ2n) is 4.38. The van der Waals surface area contributed by atoms with E-state index in [4.69, 9.17) is 5.11 Å². The Morgan fingerprint density at radius 1 is 1.39 bits per heavy atom. The summed E-state index contributed by atoms with van der Waals surface area (Å²) in [6, 6.07) is 5.13. The Hall–Kier alpha value is -1.88. The van der Waals surface area contributed by atoms with Gasteiger partial charge in [-0.25, -0.2) is 4.79 Å². The van der Waals surface area contributed by atoms with E-state index in [2.05, 4.69) is 5.32 Å². The van der Waals surface area contributed by atoms with Crippen LogP contribution in [0.25, 0.3) is 0 Å². The summed E-state index contributed by atoms with van der Waals surface area (Å²) in [5.41, 5.74) is 2.34. The summed E-state index contributed by atoms with van der Waals surface area (Å²) in [6.45, 7) is 1.50. The molecule has 1 aliphatic heterocycles. The maximum atomic E-state index is 11.8. The minimum absolute atomic E-state index is 0.0453. The first kappa shape index (κ1) is 12.6. The second-order valence-corrected chi connectivity index (χ2v) is 4.38. The molecule has 1 amide bonds. The molecular weight excluding hydrogens is 232 g/mol. The zero-order valence-corrected chi connectivity index (χ0v) is 10.3. The second kappa shape index (κ2) is 5.18. The summed E-state index contributed by atoms with van der Waals surface area (Å²) in [5.74, 6) is -0.889. The number of amides is 1. The van der Waals surface area contributed by atoms with Gasteiger partial charge in [0.1, 0.15) is 0 Å². The van der Waals surface area contributed by atoms with Gasteiger partial charge in [0, 0.05) is 13.1 Å². The third-order valence-corrected chi connectivity index (χ3v) is 3.15. The van der Waals surface area contributed by atoms with Crippen LogP contribution in [0.5, 0.6) is 0 Å². The Bertz CT molecular complexity index is 485. The maximum Gasteiger partial charge on any atom is 0.335 e. The monoisotopic (exact) mass is 248 g/mol. The van der Waals surface area contributed by atoms with E-state index in [1.807, 2.05) is 6.07 Å². The molecule has 0 spiro atoms. The van der Waals surface area contributed by atoms with Crippen LogP contribution in [0, 0.1) is 0 Å². The summed E-state index contributed by atoms with van der Waals surface area (Å²) in [5, 5.41) is 11.8. The van der Waals surface area contributed by atoms with Gasteiger partial charge >= 0.3 is 5.97 Å². The molecule has 5 heteroatoms. The Labute approximate surface area is 105 Å². The zero-order chi connectivity index (χ0) is 13.1. The highest BCUT2D eigenvalue weighted by molar-refractivity contribution is 5.88. The number of benzene rings is 1. The highest BCUT2D eigenvalue weighted by Gasteiger charge is 2.20. The predicted octanol–water partition coefficient (Wildman–Crippen LogP) is 0.489. The summed E-state index contributed by atoms with van der Waals surface area (Å²) >= 11 is 0. The van der Waals surface area contributed by atoms with Crippen molar-refractivity contribution in [3.8, 4) is 0 Å². The van der Waals surface area contributed by atoms with Crippen molar-refractivity contribution >= 4 is 11.9 Å². The van der Waals surface area contributed by atoms with E-state index >= 15 is 0 Å². The third-order valence-electron chi connectivity index (χ3n) is 3.15. The number of carboxylic acid groups (broad SMARTS) is 1. The van der Waals surface area contributed by atoms with Crippen LogP contribution >= 0.6 is 0 Å². The molecule has 0 unspecified atom stereocenters. The Morgan fingerprint density at radius 3 is 2.83 bits per heavy atom. The van der Waals surface area contributed by atoms with Crippen molar-refractivity contribution in [1.82, 2.24) is 10.2 Å². The molecule has 0 aromatic heterocycles. The average Bonchev–Trinajstić information content (AvgIpc) is 2.37. The van der Waals surface area contributed by atoms with Crippen molar-refractivity contribution in [2.24, 2.45) is 0 Å². The number of rotatable bonds is 3. The van der Waals surface area contributed by atoms with E-state index in [9.17, 15) is 9.59 Å². The van der Waals surface area contributed by atoms with Crippen molar-refractivity contribution in [2.45, 2.75) is 13.0 Å². The largest absolute Gasteiger partial charge is 0.478 e. The van der Waals surface area contributed by atoms with E-state index in [0.29, 0.717) is 19.6 Å². The van der Waals surface area contributed by atoms with Gasteiger partial charge in [-0.05, 0) is 36.7 Å².